The molecule has 3 N–H and O–H groups in total. The third-order valence-electron chi connectivity index (χ3n) is 2.02. The van der Waals surface area contributed by atoms with Crippen LogP contribution in [-0.4, -0.2) is 14.3 Å². The normalized spacial score (nSPS) is 10.2. The lowest BCUT2D eigenvalue weighted by Gasteiger charge is -2.08. The van der Waals surface area contributed by atoms with Crippen LogP contribution in [0, 0.1) is 12.7 Å². The molecule has 0 saturated heterocycles. The first kappa shape index (κ1) is 11.9. The molecule has 0 unspecified atom stereocenters. The molecule has 0 bridgehead atoms. The van der Waals surface area contributed by atoms with Gasteiger partial charge in [-0.1, -0.05) is 12.2 Å². The van der Waals surface area contributed by atoms with E-state index in [-0.39, 0.29) is 10.8 Å². The summed E-state index contributed by atoms with van der Waals surface area (Å²) in [4.78, 5) is 4.28. The molecule has 7 heteroatoms. The second-order valence-electron chi connectivity index (χ2n) is 3.33. The van der Waals surface area contributed by atoms with Crippen LogP contribution in [0.5, 0.6) is 0 Å². The summed E-state index contributed by atoms with van der Waals surface area (Å²) in [6.07, 6.45) is 0. The predicted molar refractivity (Wildman–Crippen MR) is 70.2 cm³/mol. The fourth-order valence-electron chi connectivity index (χ4n) is 1.29. The van der Waals surface area contributed by atoms with E-state index in [1.807, 2.05) is 0 Å². The lowest BCUT2D eigenvalue weighted by atomic mass is 10.1. The highest BCUT2D eigenvalue weighted by molar-refractivity contribution is 7.80. The van der Waals surface area contributed by atoms with Crippen molar-refractivity contribution >= 4 is 39.6 Å². The summed E-state index contributed by atoms with van der Waals surface area (Å²) in [7, 11) is 0. The Morgan fingerprint density at radius 2 is 2.29 bits per heavy atom. The Kier molecular flexibility index (Phi) is 3.30. The Morgan fingerprint density at radius 3 is 2.88 bits per heavy atom. The number of hydrogen-bond donors (Lipinski definition) is 2. The SMILES string of the molecule is Cc1nsc(Nc2ccc(F)cc2C(N)=S)n1. The quantitative estimate of drug-likeness (QED) is 0.837. The molecular weight excluding hydrogens is 259 g/mol. The highest BCUT2D eigenvalue weighted by atomic mass is 32.1. The van der Waals surface area contributed by atoms with Crippen LogP contribution in [-0.2, 0) is 0 Å². The van der Waals surface area contributed by atoms with Crippen molar-refractivity contribution in [1.29, 1.82) is 0 Å². The summed E-state index contributed by atoms with van der Waals surface area (Å²) >= 11 is 6.09. The van der Waals surface area contributed by atoms with Crippen molar-refractivity contribution in [1.82, 2.24) is 9.36 Å². The molecule has 0 radical (unpaired) electrons. The van der Waals surface area contributed by atoms with Crippen LogP contribution >= 0.6 is 23.8 Å². The van der Waals surface area contributed by atoms with E-state index in [1.165, 1.54) is 23.7 Å². The Hall–Kier alpha value is -1.60. The molecule has 1 aromatic carbocycles. The van der Waals surface area contributed by atoms with E-state index < -0.39 is 0 Å². The summed E-state index contributed by atoms with van der Waals surface area (Å²) in [5.41, 5.74) is 6.61. The number of nitrogens with one attached hydrogen (secondary N) is 1. The van der Waals surface area contributed by atoms with Gasteiger partial charge < -0.3 is 11.1 Å². The number of aryl methyl sites for hydroxylation is 1. The minimum atomic E-state index is -0.383. The summed E-state index contributed by atoms with van der Waals surface area (Å²) < 4.78 is 17.1. The van der Waals surface area contributed by atoms with Gasteiger partial charge in [0.25, 0.3) is 0 Å². The van der Waals surface area contributed by atoms with Gasteiger partial charge >= 0.3 is 0 Å². The Morgan fingerprint density at radius 1 is 1.53 bits per heavy atom. The van der Waals surface area contributed by atoms with E-state index >= 15 is 0 Å². The van der Waals surface area contributed by atoms with Gasteiger partial charge in [-0.2, -0.15) is 4.37 Å². The number of nitrogens with zero attached hydrogens (tertiary/aromatic N) is 2. The average molecular weight is 268 g/mol. The molecular formula is C10H9FN4S2. The smallest absolute Gasteiger partial charge is 0.207 e. The van der Waals surface area contributed by atoms with Crippen LogP contribution in [0.1, 0.15) is 11.4 Å². The molecule has 0 fully saturated rings. The van der Waals surface area contributed by atoms with Gasteiger partial charge in [0.2, 0.25) is 5.13 Å². The van der Waals surface area contributed by atoms with Crippen molar-refractivity contribution in [3.63, 3.8) is 0 Å². The minimum absolute atomic E-state index is 0.133. The van der Waals surface area contributed by atoms with Crippen LogP contribution in [0.3, 0.4) is 0 Å². The van der Waals surface area contributed by atoms with Crippen molar-refractivity contribution in [2.24, 2.45) is 5.73 Å². The maximum atomic E-state index is 13.1. The molecule has 88 valence electrons. The Balaban J connectivity index is 2.35. The van der Waals surface area contributed by atoms with Gasteiger partial charge in [0.15, 0.2) is 0 Å². The van der Waals surface area contributed by atoms with Gasteiger partial charge in [-0.15, -0.1) is 0 Å². The number of anilines is 2. The van der Waals surface area contributed by atoms with Crippen LogP contribution in [0.2, 0.25) is 0 Å². The van der Waals surface area contributed by atoms with Crippen molar-refractivity contribution < 1.29 is 4.39 Å². The van der Waals surface area contributed by atoms with Crippen LogP contribution in [0.4, 0.5) is 15.2 Å². The maximum absolute atomic E-state index is 13.1. The zero-order chi connectivity index (χ0) is 12.4. The first-order chi connectivity index (χ1) is 8.06. The third-order valence-corrected chi connectivity index (χ3v) is 2.96. The molecule has 2 rings (SSSR count). The van der Waals surface area contributed by atoms with Gasteiger partial charge in [0.1, 0.15) is 16.6 Å². The maximum Gasteiger partial charge on any atom is 0.207 e. The lowest BCUT2D eigenvalue weighted by Crippen LogP contribution is -2.12. The van der Waals surface area contributed by atoms with Crippen molar-refractivity contribution in [2.45, 2.75) is 6.92 Å². The zero-order valence-electron chi connectivity index (χ0n) is 8.90. The summed E-state index contributed by atoms with van der Waals surface area (Å²) in [5, 5.41) is 3.63. The Bertz CT molecular complexity index is 567. The molecule has 1 heterocycles. The second-order valence-corrected chi connectivity index (χ2v) is 4.52. The topological polar surface area (TPSA) is 63.8 Å². The molecule has 0 aliphatic carbocycles. The molecule has 0 spiro atoms. The average Bonchev–Trinajstić information content (AvgIpc) is 2.66. The van der Waals surface area contributed by atoms with E-state index in [0.717, 1.165) is 0 Å². The van der Waals surface area contributed by atoms with Crippen LogP contribution < -0.4 is 11.1 Å². The third kappa shape index (κ3) is 2.75. The van der Waals surface area contributed by atoms with Gasteiger partial charge in [-0.05, 0) is 25.1 Å². The molecule has 0 aliphatic heterocycles. The molecule has 0 aliphatic rings. The van der Waals surface area contributed by atoms with Crippen molar-refractivity contribution in [3.05, 3.63) is 35.4 Å². The number of benzene rings is 1. The summed E-state index contributed by atoms with van der Waals surface area (Å²) in [5.74, 6) is 0.295. The van der Waals surface area contributed by atoms with Gasteiger partial charge in [-0.25, -0.2) is 9.37 Å². The fraction of sp³-hybridized carbons (Fsp3) is 0.100. The predicted octanol–water partition coefficient (Wildman–Crippen LogP) is 2.36. The van der Waals surface area contributed by atoms with Crippen molar-refractivity contribution in [2.75, 3.05) is 5.32 Å². The van der Waals surface area contributed by atoms with E-state index in [4.69, 9.17) is 18.0 Å². The van der Waals surface area contributed by atoms with E-state index in [0.29, 0.717) is 22.2 Å². The number of aromatic nitrogens is 2. The van der Waals surface area contributed by atoms with E-state index in [2.05, 4.69) is 14.7 Å². The number of rotatable bonds is 3. The molecule has 0 atom stereocenters. The molecule has 17 heavy (non-hydrogen) atoms. The Labute approximate surface area is 107 Å². The first-order valence-electron chi connectivity index (χ1n) is 4.73. The number of hydrogen-bond acceptors (Lipinski definition) is 5. The molecule has 1 aromatic heterocycles. The fourth-order valence-corrected chi connectivity index (χ4v) is 2.05. The largest absolute Gasteiger partial charge is 0.389 e. The van der Waals surface area contributed by atoms with Gasteiger partial charge in [-0.3, -0.25) is 0 Å². The second kappa shape index (κ2) is 4.72. The molecule has 4 nitrogen and oxygen atoms in total. The highest BCUT2D eigenvalue weighted by Gasteiger charge is 2.09. The van der Waals surface area contributed by atoms with Gasteiger partial charge in [0, 0.05) is 17.1 Å². The number of nitrogens with two attached hydrogens (primary N) is 1. The number of thiocarbonyl (C=S) groups is 1. The zero-order valence-corrected chi connectivity index (χ0v) is 10.5. The molecule has 2 aromatic rings. The van der Waals surface area contributed by atoms with Crippen molar-refractivity contribution in [3.8, 4) is 0 Å². The monoisotopic (exact) mass is 268 g/mol. The van der Waals surface area contributed by atoms with Gasteiger partial charge in [0.05, 0.1) is 5.69 Å². The van der Waals surface area contributed by atoms with E-state index in [1.54, 1.807) is 13.0 Å². The minimum Gasteiger partial charge on any atom is -0.389 e. The highest BCUT2D eigenvalue weighted by Crippen LogP contribution is 2.23. The molecule has 0 saturated carbocycles. The van der Waals surface area contributed by atoms with Crippen LogP contribution in [0.15, 0.2) is 18.2 Å². The first-order valence-corrected chi connectivity index (χ1v) is 5.91. The van der Waals surface area contributed by atoms with Crippen LogP contribution in [0.25, 0.3) is 0 Å². The van der Waals surface area contributed by atoms with E-state index in [9.17, 15) is 4.39 Å². The lowest BCUT2D eigenvalue weighted by molar-refractivity contribution is 0.628. The number of halogens is 1. The summed E-state index contributed by atoms with van der Waals surface area (Å²) in [6.45, 7) is 1.79. The summed E-state index contributed by atoms with van der Waals surface area (Å²) in [6, 6.07) is 4.19. The standard InChI is InChI=1S/C10H9FN4S2/c1-5-13-10(17-15-5)14-8-3-2-6(11)4-7(8)9(12)16/h2-4H,1H3,(H2,12,16)(H,13,14,15). The molecule has 0 amide bonds.